The molecule has 0 radical (unpaired) electrons. The van der Waals surface area contributed by atoms with Crippen LogP contribution in [0, 0.1) is 0 Å². The Morgan fingerprint density at radius 1 is 1.52 bits per heavy atom. The average Bonchev–Trinajstić information content (AvgIpc) is 2.89. The van der Waals surface area contributed by atoms with Crippen molar-refractivity contribution in [2.75, 3.05) is 13.1 Å². The molecule has 1 aliphatic rings. The maximum Gasteiger partial charge on any atom is 0.407 e. The van der Waals surface area contributed by atoms with Gasteiger partial charge < -0.3 is 14.5 Å². The predicted molar refractivity (Wildman–Crippen MR) is 81.1 cm³/mol. The monoisotopic (exact) mass is 294 g/mol. The number of likely N-dealkylation sites (tertiary alicyclic amines) is 1. The highest BCUT2D eigenvalue weighted by molar-refractivity contribution is 5.68. The summed E-state index contributed by atoms with van der Waals surface area (Å²) in [7, 11) is 0. The van der Waals surface area contributed by atoms with E-state index in [2.05, 4.69) is 17.1 Å². The molecule has 0 bridgehead atoms. The molecule has 2 atom stereocenters. The van der Waals surface area contributed by atoms with Gasteiger partial charge in [0.15, 0.2) is 0 Å². The number of hydrogen-bond donors (Lipinski definition) is 1. The van der Waals surface area contributed by atoms with Gasteiger partial charge in [0.1, 0.15) is 11.4 Å². The van der Waals surface area contributed by atoms with Gasteiger partial charge in [0, 0.05) is 12.6 Å². The molecule has 0 spiro atoms. The molecule has 1 fully saturated rings. The van der Waals surface area contributed by atoms with Crippen LogP contribution in [0.5, 0.6) is 0 Å². The number of ether oxygens (including phenoxy) is 1. The number of amides is 1. The molecule has 0 aliphatic carbocycles. The Kier molecular flexibility index (Phi) is 4.93. The molecule has 1 aromatic rings. The van der Waals surface area contributed by atoms with Crippen molar-refractivity contribution in [1.29, 1.82) is 0 Å². The van der Waals surface area contributed by atoms with Gasteiger partial charge in [0.25, 0.3) is 0 Å². The van der Waals surface area contributed by atoms with Gasteiger partial charge in [-0.1, -0.05) is 0 Å². The summed E-state index contributed by atoms with van der Waals surface area (Å²) in [5.41, 5.74) is -0.458. The van der Waals surface area contributed by atoms with Crippen molar-refractivity contribution in [1.82, 2.24) is 10.2 Å². The van der Waals surface area contributed by atoms with Crippen LogP contribution in [0.4, 0.5) is 4.79 Å². The third kappa shape index (κ3) is 4.77. The van der Waals surface area contributed by atoms with Crippen LogP contribution in [0.25, 0.3) is 0 Å². The molecule has 1 amide bonds. The first kappa shape index (κ1) is 15.9. The van der Waals surface area contributed by atoms with E-state index in [0.29, 0.717) is 0 Å². The molecular formula is C16H26N2O3. The van der Waals surface area contributed by atoms with Crippen molar-refractivity contribution in [3.63, 3.8) is 0 Å². The lowest BCUT2D eigenvalue weighted by Crippen LogP contribution is -2.49. The van der Waals surface area contributed by atoms with Crippen LogP contribution >= 0.6 is 0 Å². The Balaban J connectivity index is 1.87. The summed E-state index contributed by atoms with van der Waals surface area (Å²) in [5.74, 6) is 0.966. The van der Waals surface area contributed by atoms with E-state index in [1.807, 2.05) is 32.9 Å². The van der Waals surface area contributed by atoms with E-state index in [4.69, 9.17) is 9.15 Å². The molecule has 1 aromatic heterocycles. The number of nitrogens with one attached hydrogen (secondary N) is 1. The van der Waals surface area contributed by atoms with Crippen molar-refractivity contribution >= 4 is 6.09 Å². The summed E-state index contributed by atoms with van der Waals surface area (Å²) in [6, 6.07) is 4.26. The molecule has 21 heavy (non-hydrogen) atoms. The van der Waals surface area contributed by atoms with E-state index in [-0.39, 0.29) is 18.2 Å². The van der Waals surface area contributed by atoms with Crippen LogP contribution < -0.4 is 5.32 Å². The number of rotatable bonds is 3. The van der Waals surface area contributed by atoms with Gasteiger partial charge >= 0.3 is 6.09 Å². The van der Waals surface area contributed by atoms with Crippen molar-refractivity contribution in [2.24, 2.45) is 0 Å². The fourth-order valence-electron chi connectivity index (χ4n) is 2.66. The van der Waals surface area contributed by atoms with Gasteiger partial charge in [-0.15, -0.1) is 0 Å². The summed E-state index contributed by atoms with van der Waals surface area (Å²) >= 11 is 0. The molecule has 1 aliphatic heterocycles. The zero-order chi connectivity index (χ0) is 15.5. The molecule has 1 N–H and O–H groups in total. The number of nitrogens with zero attached hydrogens (tertiary/aromatic N) is 1. The Labute approximate surface area is 126 Å². The molecule has 0 saturated carbocycles. The van der Waals surface area contributed by atoms with Crippen molar-refractivity contribution in [3.8, 4) is 0 Å². The van der Waals surface area contributed by atoms with E-state index in [9.17, 15) is 4.79 Å². The van der Waals surface area contributed by atoms with Crippen molar-refractivity contribution in [2.45, 2.75) is 58.2 Å². The first-order valence-corrected chi connectivity index (χ1v) is 7.62. The van der Waals surface area contributed by atoms with Gasteiger partial charge in [-0.05, 0) is 59.2 Å². The van der Waals surface area contributed by atoms with Crippen LogP contribution in [0.2, 0.25) is 0 Å². The summed E-state index contributed by atoms with van der Waals surface area (Å²) in [6.45, 7) is 9.60. The maximum absolute atomic E-state index is 11.9. The summed E-state index contributed by atoms with van der Waals surface area (Å²) in [4.78, 5) is 14.2. The molecule has 1 saturated heterocycles. The van der Waals surface area contributed by atoms with E-state index in [0.717, 1.165) is 31.7 Å². The molecule has 0 aromatic carbocycles. The Bertz CT molecular complexity index is 451. The molecule has 5 heteroatoms. The normalized spacial score (nSPS) is 21.8. The Morgan fingerprint density at radius 2 is 2.29 bits per heavy atom. The zero-order valence-electron chi connectivity index (χ0n) is 13.4. The van der Waals surface area contributed by atoms with E-state index < -0.39 is 5.60 Å². The van der Waals surface area contributed by atoms with E-state index in [1.165, 1.54) is 0 Å². The highest BCUT2D eigenvalue weighted by atomic mass is 16.6. The number of carbonyl (C=O) groups excluding carboxylic acids is 1. The van der Waals surface area contributed by atoms with Crippen LogP contribution in [0.3, 0.4) is 0 Å². The third-order valence-electron chi connectivity index (χ3n) is 3.68. The number of piperidine rings is 1. The maximum atomic E-state index is 11.9. The van der Waals surface area contributed by atoms with Crippen LogP contribution in [0.15, 0.2) is 22.8 Å². The topological polar surface area (TPSA) is 54.7 Å². The van der Waals surface area contributed by atoms with Gasteiger partial charge in [0.2, 0.25) is 0 Å². The van der Waals surface area contributed by atoms with Gasteiger partial charge in [0.05, 0.1) is 12.3 Å². The highest BCUT2D eigenvalue weighted by Crippen LogP contribution is 2.24. The fraction of sp³-hybridized carbons (Fsp3) is 0.688. The fourth-order valence-corrected chi connectivity index (χ4v) is 2.66. The molecular weight excluding hydrogens is 268 g/mol. The van der Waals surface area contributed by atoms with Crippen molar-refractivity contribution < 1.29 is 13.9 Å². The lowest BCUT2D eigenvalue weighted by molar-refractivity contribution is 0.0453. The lowest BCUT2D eigenvalue weighted by atomic mass is 10.0. The second-order valence-corrected chi connectivity index (χ2v) is 6.67. The first-order chi connectivity index (χ1) is 9.85. The zero-order valence-corrected chi connectivity index (χ0v) is 13.4. The number of alkyl carbamates (subject to hydrolysis) is 1. The van der Waals surface area contributed by atoms with Gasteiger partial charge in [-0.3, -0.25) is 4.90 Å². The third-order valence-corrected chi connectivity index (χ3v) is 3.68. The minimum atomic E-state index is -0.458. The number of hydrogen-bond acceptors (Lipinski definition) is 4. The second kappa shape index (κ2) is 6.52. The predicted octanol–water partition coefficient (Wildman–Crippen LogP) is 3.33. The lowest BCUT2D eigenvalue weighted by Gasteiger charge is -2.36. The first-order valence-electron chi connectivity index (χ1n) is 7.62. The largest absolute Gasteiger partial charge is 0.468 e. The minimum Gasteiger partial charge on any atom is -0.468 e. The SMILES string of the molecule is CC(c1ccco1)N1CCCC(NC(=O)OC(C)(C)C)C1. The van der Waals surface area contributed by atoms with Gasteiger partial charge in [-0.25, -0.2) is 4.79 Å². The summed E-state index contributed by atoms with van der Waals surface area (Å²) in [5, 5.41) is 2.97. The molecule has 2 unspecified atom stereocenters. The molecule has 118 valence electrons. The summed E-state index contributed by atoms with van der Waals surface area (Å²) in [6.07, 6.45) is 3.42. The average molecular weight is 294 g/mol. The minimum absolute atomic E-state index is 0.131. The smallest absolute Gasteiger partial charge is 0.407 e. The number of furan rings is 1. The van der Waals surface area contributed by atoms with Crippen LogP contribution in [0.1, 0.15) is 52.3 Å². The number of carbonyl (C=O) groups is 1. The standard InChI is InChI=1S/C16H26N2O3/c1-12(14-8-6-10-20-14)18-9-5-7-13(11-18)17-15(19)21-16(2,3)4/h6,8,10,12-13H,5,7,9,11H2,1-4H3,(H,17,19). The van der Waals surface area contributed by atoms with E-state index in [1.54, 1.807) is 6.26 Å². The van der Waals surface area contributed by atoms with Crippen molar-refractivity contribution in [3.05, 3.63) is 24.2 Å². The van der Waals surface area contributed by atoms with Crippen LogP contribution in [-0.4, -0.2) is 35.7 Å². The quantitative estimate of drug-likeness (QED) is 0.929. The van der Waals surface area contributed by atoms with Crippen LogP contribution in [-0.2, 0) is 4.74 Å². The van der Waals surface area contributed by atoms with Gasteiger partial charge in [-0.2, -0.15) is 0 Å². The highest BCUT2D eigenvalue weighted by Gasteiger charge is 2.27. The molecule has 2 rings (SSSR count). The Morgan fingerprint density at radius 3 is 2.90 bits per heavy atom. The summed E-state index contributed by atoms with van der Waals surface area (Å²) < 4.78 is 10.8. The second-order valence-electron chi connectivity index (χ2n) is 6.67. The Hall–Kier alpha value is -1.49. The molecule has 5 nitrogen and oxygen atoms in total. The molecule has 2 heterocycles. The van der Waals surface area contributed by atoms with E-state index >= 15 is 0 Å².